The molecule has 0 saturated heterocycles. The molecule has 2 rings (SSSR count). The van der Waals surface area contributed by atoms with Crippen LogP contribution in [0, 0.1) is 11.8 Å². The van der Waals surface area contributed by atoms with Crippen molar-refractivity contribution in [2.75, 3.05) is 7.11 Å². The smallest absolute Gasteiger partial charge is 0.122 e. The molecule has 1 aromatic carbocycles. The highest BCUT2D eigenvalue weighted by atomic mass is 35.5. The first-order valence-electron chi connectivity index (χ1n) is 7.72. The Morgan fingerprint density at radius 1 is 1.35 bits per heavy atom. The summed E-state index contributed by atoms with van der Waals surface area (Å²) in [4.78, 5) is 0. The van der Waals surface area contributed by atoms with Gasteiger partial charge in [-0.3, -0.25) is 0 Å². The van der Waals surface area contributed by atoms with Crippen molar-refractivity contribution in [1.29, 1.82) is 0 Å². The molecule has 3 unspecified atom stereocenters. The molecule has 1 fully saturated rings. The Hall–Kier alpha value is -0.730. The topological polar surface area (TPSA) is 35.2 Å². The molecule has 1 aromatic rings. The third kappa shape index (κ3) is 3.89. The molecule has 0 amide bonds. The molecule has 2 N–H and O–H groups in total. The Morgan fingerprint density at radius 3 is 2.85 bits per heavy atom. The van der Waals surface area contributed by atoms with Gasteiger partial charge in [-0.15, -0.1) is 0 Å². The maximum Gasteiger partial charge on any atom is 0.122 e. The standard InChI is InChI=1S/C17H26ClNO/c1-3-4-12-5-7-16(19)13(9-12)10-14-11-15(18)6-8-17(14)20-2/h6,8,11-13,16H,3-5,7,9-10,19H2,1-2H3. The molecule has 3 heteroatoms. The molecule has 112 valence electrons. The predicted octanol–water partition coefficient (Wildman–Crippen LogP) is 4.43. The minimum atomic E-state index is 0.312. The summed E-state index contributed by atoms with van der Waals surface area (Å²) in [5, 5.41) is 0.773. The molecule has 3 atom stereocenters. The molecular weight excluding hydrogens is 270 g/mol. The minimum Gasteiger partial charge on any atom is -0.496 e. The van der Waals surface area contributed by atoms with E-state index in [0.717, 1.165) is 29.5 Å². The van der Waals surface area contributed by atoms with Crippen molar-refractivity contribution in [2.24, 2.45) is 17.6 Å². The normalized spacial score (nSPS) is 26.5. The Kier molecular flexibility index (Phi) is 5.74. The van der Waals surface area contributed by atoms with E-state index in [0.29, 0.717) is 12.0 Å². The Bertz CT molecular complexity index is 435. The zero-order valence-corrected chi connectivity index (χ0v) is 13.3. The van der Waals surface area contributed by atoms with Crippen LogP contribution in [0.3, 0.4) is 0 Å². The fraction of sp³-hybridized carbons (Fsp3) is 0.647. The van der Waals surface area contributed by atoms with Gasteiger partial charge in [0.05, 0.1) is 7.11 Å². The summed E-state index contributed by atoms with van der Waals surface area (Å²) in [6.07, 6.45) is 7.26. The molecule has 1 aliphatic rings. The van der Waals surface area contributed by atoms with Gasteiger partial charge in [-0.25, -0.2) is 0 Å². The van der Waals surface area contributed by atoms with Crippen LogP contribution in [0.15, 0.2) is 18.2 Å². The van der Waals surface area contributed by atoms with Gasteiger partial charge in [0.25, 0.3) is 0 Å². The van der Waals surface area contributed by atoms with Crippen molar-refractivity contribution in [2.45, 2.75) is 51.5 Å². The van der Waals surface area contributed by atoms with Gasteiger partial charge >= 0.3 is 0 Å². The van der Waals surface area contributed by atoms with Crippen LogP contribution in [-0.2, 0) is 6.42 Å². The van der Waals surface area contributed by atoms with E-state index in [1.54, 1.807) is 7.11 Å². The highest BCUT2D eigenvalue weighted by Crippen LogP contribution is 2.35. The zero-order chi connectivity index (χ0) is 14.5. The van der Waals surface area contributed by atoms with E-state index in [2.05, 4.69) is 6.92 Å². The maximum absolute atomic E-state index is 6.34. The summed E-state index contributed by atoms with van der Waals surface area (Å²) in [6, 6.07) is 6.17. The van der Waals surface area contributed by atoms with Crippen LogP contribution in [0.4, 0.5) is 0 Å². The highest BCUT2D eigenvalue weighted by molar-refractivity contribution is 6.30. The molecule has 1 aliphatic carbocycles. The number of halogens is 1. The third-order valence-electron chi connectivity index (χ3n) is 4.57. The molecule has 1 saturated carbocycles. The lowest BCUT2D eigenvalue weighted by molar-refractivity contribution is 0.220. The quantitative estimate of drug-likeness (QED) is 0.872. The second-order valence-electron chi connectivity index (χ2n) is 6.05. The average molecular weight is 296 g/mol. The highest BCUT2D eigenvalue weighted by Gasteiger charge is 2.28. The summed E-state index contributed by atoms with van der Waals surface area (Å²) >= 11 is 6.12. The maximum atomic E-state index is 6.34. The summed E-state index contributed by atoms with van der Waals surface area (Å²) < 4.78 is 5.45. The monoisotopic (exact) mass is 295 g/mol. The molecular formula is C17H26ClNO. The molecule has 0 radical (unpaired) electrons. The molecule has 0 spiro atoms. The average Bonchev–Trinajstić information content (AvgIpc) is 2.43. The molecule has 0 bridgehead atoms. The van der Waals surface area contributed by atoms with Gasteiger partial charge < -0.3 is 10.5 Å². The van der Waals surface area contributed by atoms with Crippen LogP contribution >= 0.6 is 11.6 Å². The molecule has 0 heterocycles. The molecule has 0 aromatic heterocycles. The molecule has 20 heavy (non-hydrogen) atoms. The van der Waals surface area contributed by atoms with Crippen molar-refractivity contribution in [3.63, 3.8) is 0 Å². The number of hydrogen-bond acceptors (Lipinski definition) is 2. The van der Waals surface area contributed by atoms with Crippen LogP contribution in [-0.4, -0.2) is 13.2 Å². The van der Waals surface area contributed by atoms with E-state index in [1.165, 1.54) is 31.2 Å². The summed E-state index contributed by atoms with van der Waals surface area (Å²) in [5.41, 5.74) is 7.53. The Morgan fingerprint density at radius 2 is 2.15 bits per heavy atom. The van der Waals surface area contributed by atoms with Gasteiger partial charge in [-0.1, -0.05) is 31.4 Å². The van der Waals surface area contributed by atoms with E-state index in [-0.39, 0.29) is 0 Å². The number of nitrogens with two attached hydrogens (primary N) is 1. The lowest BCUT2D eigenvalue weighted by atomic mass is 9.74. The van der Waals surface area contributed by atoms with E-state index in [1.807, 2.05) is 18.2 Å². The third-order valence-corrected chi connectivity index (χ3v) is 4.81. The minimum absolute atomic E-state index is 0.312. The van der Waals surface area contributed by atoms with Crippen molar-refractivity contribution < 1.29 is 4.74 Å². The number of rotatable bonds is 5. The molecule has 0 aliphatic heterocycles. The zero-order valence-electron chi connectivity index (χ0n) is 12.6. The fourth-order valence-electron chi connectivity index (χ4n) is 3.48. The van der Waals surface area contributed by atoms with Gasteiger partial charge in [0.15, 0.2) is 0 Å². The first-order chi connectivity index (χ1) is 9.63. The fourth-order valence-corrected chi connectivity index (χ4v) is 3.67. The number of methoxy groups -OCH3 is 1. The first kappa shape index (κ1) is 15.7. The van der Waals surface area contributed by atoms with Crippen molar-refractivity contribution in [1.82, 2.24) is 0 Å². The summed E-state index contributed by atoms with van der Waals surface area (Å²) in [7, 11) is 1.72. The number of benzene rings is 1. The SMILES string of the molecule is CCCC1CCC(N)C(Cc2cc(Cl)ccc2OC)C1. The van der Waals surface area contributed by atoms with Crippen LogP contribution in [0.2, 0.25) is 5.02 Å². The summed E-state index contributed by atoms with van der Waals surface area (Å²) in [5.74, 6) is 2.32. The van der Waals surface area contributed by atoms with Crippen LogP contribution in [0.5, 0.6) is 5.75 Å². The predicted molar refractivity (Wildman–Crippen MR) is 85.4 cm³/mol. The molecule has 2 nitrogen and oxygen atoms in total. The van der Waals surface area contributed by atoms with Crippen molar-refractivity contribution in [3.8, 4) is 5.75 Å². The van der Waals surface area contributed by atoms with E-state index in [9.17, 15) is 0 Å². The van der Waals surface area contributed by atoms with Crippen molar-refractivity contribution >= 4 is 11.6 Å². The van der Waals surface area contributed by atoms with Crippen LogP contribution in [0.25, 0.3) is 0 Å². The van der Waals surface area contributed by atoms with Crippen LogP contribution in [0.1, 0.15) is 44.6 Å². The summed E-state index contributed by atoms with van der Waals surface area (Å²) in [6.45, 7) is 2.27. The second-order valence-corrected chi connectivity index (χ2v) is 6.49. The number of hydrogen-bond donors (Lipinski definition) is 1. The van der Waals surface area contributed by atoms with Gasteiger partial charge in [-0.05, 0) is 61.3 Å². The largest absolute Gasteiger partial charge is 0.496 e. The Labute approximate surface area is 127 Å². The number of ether oxygens (including phenoxy) is 1. The van der Waals surface area contributed by atoms with Gasteiger partial charge in [0.1, 0.15) is 5.75 Å². The van der Waals surface area contributed by atoms with E-state index >= 15 is 0 Å². The van der Waals surface area contributed by atoms with Crippen molar-refractivity contribution in [3.05, 3.63) is 28.8 Å². The van der Waals surface area contributed by atoms with Gasteiger partial charge in [0.2, 0.25) is 0 Å². The second kappa shape index (κ2) is 7.33. The first-order valence-corrected chi connectivity index (χ1v) is 8.09. The lowest BCUT2D eigenvalue weighted by Crippen LogP contribution is -2.37. The van der Waals surface area contributed by atoms with E-state index < -0.39 is 0 Å². The van der Waals surface area contributed by atoms with Gasteiger partial charge in [0, 0.05) is 11.1 Å². The van der Waals surface area contributed by atoms with E-state index in [4.69, 9.17) is 22.1 Å². The van der Waals surface area contributed by atoms with Gasteiger partial charge in [-0.2, -0.15) is 0 Å². The lowest BCUT2D eigenvalue weighted by Gasteiger charge is -2.34. The Balaban J connectivity index is 2.09. The van der Waals surface area contributed by atoms with Crippen LogP contribution < -0.4 is 10.5 Å².